The van der Waals surface area contributed by atoms with Gasteiger partial charge >= 0.3 is 23.9 Å². The van der Waals surface area contributed by atoms with Crippen molar-refractivity contribution in [1.29, 1.82) is 0 Å². The van der Waals surface area contributed by atoms with Crippen LogP contribution in [0.2, 0.25) is 5.02 Å². The van der Waals surface area contributed by atoms with Crippen LogP contribution in [-0.4, -0.2) is 61.0 Å². The molecule has 1 aliphatic rings. The number of aliphatic hydroxyl groups excluding tert-OH is 1. The van der Waals surface area contributed by atoms with Gasteiger partial charge in [0.05, 0.1) is 30.9 Å². The van der Waals surface area contributed by atoms with Crippen molar-refractivity contribution in [2.45, 2.75) is 52.4 Å². The number of benzene rings is 1. The average Bonchev–Trinajstić information content (AvgIpc) is 2.72. The van der Waals surface area contributed by atoms with Crippen LogP contribution < -0.4 is 5.32 Å². The molecule has 2 rings (SSSR count). The number of anilines is 1. The van der Waals surface area contributed by atoms with Crippen LogP contribution >= 0.6 is 11.6 Å². The van der Waals surface area contributed by atoms with Crippen LogP contribution in [-0.2, 0) is 33.3 Å². The molecule has 1 aromatic rings. The Morgan fingerprint density at radius 3 is 2.09 bits per heavy atom. The zero-order valence-corrected chi connectivity index (χ0v) is 20.1. The maximum absolute atomic E-state index is 13.2. The van der Waals surface area contributed by atoms with Gasteiger partial charge in [-0.15, -0.1) is 0 Å². The van der Waals surface area contributed by atoms with Crippen molar-refractivity contribution < 1.29 is 43.2 Å². The lowest BCUT2D eigenvalue weighted by Gasteiger charge is -2.43. The Kier molecular flexibility index (Phi) is 7.97. The Bertz CT molecular complexity index is 936. The van der Waals surface area contributed by atoms with Crippen molar-refractivity contribution in [3.63, 3.8) is 0 Å². The number of carbonyl (C=O) groups excluding carboxylic acids is 4. The minimum Gasteiger partial charge on any atom is -0.465 e. The van der Waals surface area contributed by atoms with Crippen LogP contribution in [0.15, 0.2) is 12.1 Å². The summed E-state index contributed by atoms with van der Waals surface area (Å²) in [5.41, 5.74) is -3.53. The summed E-state index contributed by atoms with van der Waals surface area (Å²) in [4.78, 5) is 51.7. The van der Waals surface area contributed by atoms with Crippen molar-refractivity contribution in [3.05, 3.63) is 28.3 Å². The predicted octanol–water partition coefficient (Wildman–Crippen LogP) is 2.41. The molecule has 0 bridgehead atoms. The number of esters is 4. The number of rotatable bonds is 6. The average molecular weight is 486 g/mol. The molecule has 0 spiro atoms. The van der Waals surface area contributed by atoms with E-state index >= 15 is 0 Å². The molecule has 0 fully saturated rings. The van der Waals surface area contributed by atoms with Gasteiger partial charge in [-0.1, -0.05) is 11.6 Å². The maximum atomic E-state index is 13.2. The Balaban J connectivity index is 2.82. The van der Waals surface area contributed by atoms with Gasteiger partial charge in [-0.2, -0.15) is 0 Å². The second-order valence-electron chi connectivity index (χ2n) is 8.23. The summed E-state index contributed by atoms with van der Waals surface area (Å²) >= 11 is 6.20. The third-order valence-corrected chi connectivity index (χ3v) is 5.21. The lowest BCUT2D eigenvalue weighted by atomic mass is 9.69. The zero-order chi connectivity index (χ0) is 25.1. The monoisotopic (exact) mass is 485 g/mol. The lowest BCUT2D eigenvalue weighted by molar-refractivity contribution is -0.191. The van der Waals surface area contributed by atoms with Gasteiger partial charge in [-0.3, -0.25) is 9.59 Å². The predicted molar refractivity (Wildman–Crippen MR) is 117 cm³/mol. The summed E-state index contributed by atoms with van der Waals surface area (Å²) in [6.07, 6.45) is -1.92. The van der Waals surface area contributed by atoms with E-state index in [9.17, 15) is 24.3 Å². The molecule has 1 aliphatic heterocycles. The van der Waals surface area contributed by atoms with E-state index in [0.717, 1.165) is 7.11 Å². The fraction of sp³-hybridized carbons (Fsp3) is 0.545. The first-order chi connectivity index (χ1) is 15.3. The van der Waals surface area contributed by atoms with Crippen molar-refractivity contribution >= 4 is 41.2 Å². The Morgan fingerprint density at radius 2 is 1.64 bits per heavy atom. The van der Waals surface area contributed by atoms with Gasteiger partial charge in [0.25, 0.3) is 0 Å². The van der Waals surface area contributed by atoms with Gasteiger partial charge in [0, 0.05) is 11.3 Å². The Labute approximate surface area is 196 Å². The summed E-state index contributed by atoms with van der Waals surface area (Å²) in [6, 6.07) is 0.716. The summed E-state index contributed by atoms with van der Waals surface area (Å²) in [5, 5.41) is 14.0. The number of hydrogen-bond acceptors (Lipinski definition) is 10. The number of fused-ring (bicyclic) bond motifs is 1. The molecule has 1 heterocycles. The third kappa shape index (κ3) is 4.91. The van der Waals surface area contributed by atoms with Crippen LogP contribution in [0.5, 0.6) is 0 Å². The van der Waals surface area contributed by atoms with Gasteiger partial charge in [0.2, 0.25) is 5.41 Å². The number of ether oxygens (including phenoxy) is 4. The standard InChI is InChI=1S/C22H28ClNO9/c1-7-31-19(28)22(20(29)32-8-2)15(18(27)33-21(3,4)5)24-14-10-11(17(26)30-6)13(23)9-12(14)16(22)25/h9-10,15-16,24-25H,7-8H2,1-6H3/t15-,16-/m1/s1. The molecular weight excluding hydrogens is 458 g/mol. The largest absolute Gasteiger partial charge is 0.465 e. The molecule has 1 aromatic carbocycles. The highest BCUT2D eigenvalue weighted by Gasteiger charge is 2.66. The summed E-state index contributed by atoms with van der Waals surface area (Å²) in [5.74, 6) is -4.14. The van der Waals surface area contributed by atoms with Gasteiger partial charge < -0.3 is 29.4 Å². The molecular formula is C22H28ClNO9. The van der Waals surface area contributed by atoms with E-state index in [-0.39, 0.29) is 35.1 Å². The molecule has 0 amide bonds. The van der Waals surface area contributed by atoms with Crippen LogP contribution in [0.3, 0.4) is 0 Å². The van der Waals surface area contributed by atoms with Crippen molar-refractivity contribution in [1.82, 2.24) is 0 Å². The van der Waals surface area contributed by atoms with E-state index in [0.29, 0.717) is 0 Å². The Morgan fingerprint density at radius 1 is 1.09 bits per heavy atom. The van der Waals surface area contributed by atoms with Crippen LogP contribution in [0.4, 0.5) is 5.69 Å². The van der Waals surface area contributed by atoms with Crippen molar-refractivity contribution in [2.24, 2.45) is 5.41 Å². The summed E-state index contributed by atoms with van der Waals surface area (Å²) < 4.78 is 20.3. The minimum absolute atomic E-state index is 0.0198. The SMILES string of the molecule is CCOC(=O)C1(C(=O)OCC)[C@@H](C(=O)OC(C)(C)C)Nc2cc(C(=O)OC)c(Cl)cc2[C@H]1O. The van der Waals surface area contributed by atoms with Gasteiger partial charge in [-0.05, 0) is 46.8 Å². The second kappa shape index (κ2) is 9.96. The van der Waals surface area contributed by atoms with Gasteiger partial charge in [-0.25, -0.2) is 9.59 Å². The molecule has 0 aliphatic carbocycles. The topological polar surface area (TPSA) is 137 Å². The molecule has 11 heteroatoms. The smallest absolute Gasteiger partial charge is 0.339 e. The number of hydrogen-bond donors (Lipinski definition) is 2. The third-order valence-electron chi connectivity index (χ3n) is 4.89. The molecule has 10 nitrogen and oxygen atoms in total. The molecule has 0 aromatic heterocycles. The molecule has 0 saturated heterocycles. The Hall–Kier alpha value is -2.85. The van der Waals surface area contributed by atoms with Crippen LogP contribution in [0.1, 0.15) is 56.6 Å². The normalized spacial score (nSPS) is 18.9. The minimum atomic E-state index is -2.54. The first-order valence-corrected chi connectivity index (χ1v) is 10.7. The van der Waals surface area contributed by atoms with E-state index in [1.54, 1.807) is 20.8 Å². The van der Waals surface area contributed by atoms with E-state index < -0.39 is 47.0 Å². The fourth-order valence-electron chi connectivity index (χ4n) is 3.53. The van der Waals surface area contributed by atoms with E-state index in [2.05, 4.69) is 5.32 Å². The quantitative estimate of drug-likeness (QED) is 0.351. The van der Waals surface area contributed by atoms with E-state index in [1.807, 2.05) is 0 Å². The fourth-order valence-corrected chi connectivity index (χ4v) is 3.78. The molecule has 33 heavy (non-hydrogen) atoms. The number of carbonyl (C=O) groups is 4. The molecule has 0 radical (unpaired) electrons. The van der Waals surface area contributed by atoms with E-state index in [1.165, 1.54) is 26.0 Å². The van der Waals surface area contributed by atoms with Crippen LogP contribution in [0, 0.1) is 5.41 Å². The highest BCUT2D eigenvalue weighted by molar-refractivity contribution is 6.34. The molecule has 2 atom stereocenters. The number of methoxy groups -OCH3 is 1. The van der Waals surface area contributed by atoms with Crippen molar-refractivity contribution in [3.8, 4) is 0 Å². The second-order valence-corrected chi connectivity index (χ2v) is 8.64. The maximum Gasteiger partial charge on any atom is 0.339 e. The zero-order valence-electron chi connectivity index (χ0n) is 19.3. The molecule has 0 unspecified atom stereocenters. The lowest BCUT2D eigenvalue weighted by Crippen LogP contribution is -2.63. The number of aliphatic hydroxyl groups is 1. The number of nitrogens with one attached hydrogen (secondary N) is 1. The molecule has 182 valence electrons. The first-order valence-electron chi connectivity index (χ1n) is 10.3. The van der Waals surface area contributed by atoms with Gasteiger partial charge in [0.1, 0.15) is 11.7 Å². The van der Waals surface area contributed by atoms with E-state index in [4.69, 9.17) is 30.5 Å². The highest BCUT2D eigenvalue weighted by atomic mass is 35.5. The summed E-state index contributed by atoms with van der Waals surface area (Å²) in [6.45, 7) is 7.55. The van der Waals surface area contributed by atoms with Gasteiger partial charge in [0.15, 0.2) is 6.04 Å². The molecule has 0 saturated carbocycles. The summed E-state index contributed by atoms with van der Waals surface area (Å²) in [7, 11) is 1.16. The molecule has 2 N–H and O–H groups in total. The first kappa shape index (κ1) is 26.4. The number of halogens is 1. The highest BCUT2D eigenvalue weighted by Crippen LogP contribution is 2.49. The van der Waals surface area contributed by atoms with Crippen LogP contribution in [0.25, 0.3) is 0 Å². The van der Waals surface area contributed by atoms with Crippen molar-refractivity contribution in [2.75, 3.05) is 25.6 Å².